The molecule has 1 unspecified atom stereocenters. The molecule has 1 N–H and O–H groups in total. The van der Waals surface area contributed by atoms with Crippen molar-refractivity contribution in [3.05, 3.63) is 23.5 Å². The molecule has 0 saturated carbocycles. The van der Waals surface area contributed by atoms with Crippen LogP contribution in [0.2, 0.25) is 0 Å². The first-order valence-corrected chi connectivity index (χ1v) is 9.26. The lowest BCUT2D eigenvalue weighted by molar-refractivity contribution is -0.117. The van der Waals surface area contributed by atoms with Crippen LogP contribution in [-0.4, -0.2) is 63.7 Å². The smallest absolute Gasteiger partial charge is 0.243 e. The van der Waals surface area contributed by atoms with Crippen molar-refractivity contribution >= 4 is 11.7 Å². The van der Waals surface area contributed by atoms with Gasteiger partial charge >= 0.3 is 0 Å². The number of nitrogens with zero attached hydrogens (tertiary/aromatic N) is 5. The zero-order valence-electron chi connectivity index (χ0n) is 16.7. The number of amides is 1. The number of carbonyl (C=O) groups excluding carboxylic acids is 1. The van der Waals surface area contributed by atoms with Gasteiger partial charge in [0.25, 0.3) is 0 Å². The molecule has 0 bridgehead atoms. The lowest BCUT2D eigenvalue weighted by Gasteiger charge is -2.36. The van der Waals surface area contributed by atoms with E-state index in [-0.39, 0.29) is 17.4 Å². The van der Waals surface area contributed by atoms with Crippen LogP contribution in [0.3, 0.4) is 0 Å². The minimum absolute atomic E-state index is 0.0580. The second-order valence-corrected chi connectivity index (χ2v) is 8.07. The summed E-state index contributed by atoms with van der Waals surface area (Å²) in [6.45, 7) is 13.7. The molecule has 148 valence electrons. The Labute approximate surface area is 159 Å². The average Bonchev–Trinajstić information content (AvgIpc) is 3.24. The SMILES string of the molecule is Cc1cc(NC(=O)CN2CCN(C(C)c3nc(C(C)(C)C)no3)CC2)no1. The first kappa shape index (κ1) is 19.5. The number of anilines is 1. The Morgan fingerprint density at radius 1 is 1.22 bits per heavy atom. The zero-order valence-corrected chi connectivity index (χ0v) is 16.7. The van der Waals surface area contributed by atoms with Gasteiger partial charge in [0.15, 0.2) is 11.6 Å². The molecule has 9 heteroatoms. The van der Waals surface area contributed by atoms with E-state index >= 15 is 0 Å². The summed E-state index contributed by atoms with van der Waals surface area (Å²) in [5.41, 5.74) is -0.129. The van der Waals surface area contributed by atoms with Crippen LogP contribution in [0.4, 0.5) is 5.82 Å². The minimum Gasteiger partial charge on any atom is -0.360 e. The molecule has 0 radical (unpaired) electrons. The Morgan fingerprint density at radius 3 is 2.48 bits per heavy atom. The maximum Gasteiger partial charge on any atom is 0.243 e. The number of hydrogen-bond acceptors (Lipinski definition) is 8. The average molecular weight is 376 g/mol. The van der Waals surface area contributed by atoms with Crippen molar-refractivity contribution in [1.82, 2.24) is 25.1 Å². The van der Waals surface area contributed by atoms with E-state index in [0.717, 1.165) is 32.0 Å². The molecule has 1 aliphatic rings. The van der Waals surface area contributed by atoms with Crippen molar-refractivity contribution in [2.24, 2.45) is 0 Å². The molecule has 3 heterocycles. The van der Waals surface area contributed by atoms with Crippen LogP contribution in [0.1, 0.15) is 51.2 Å². The lowest BCUT2D eigenvalue weighted by atomic mass is 9.96. The summed E-state index contributed by atoms with van der Waals surface area (Å²) >= 11 is 0. The molecule has 0 aliphatic carbocycles. The highest BCUT2D eigenvalue weighted by molar-refractivity contribution is 5.91. The van der Waals surface area contributed by atoms with Crippen molar-refractivity contribution in [2.45, 2.75) is 46.1 Å². The monoisotopic (exact) mass is 376 g/mol. The number of rotatable bonds is 5. The van der Waals surface area contributed by atoms with Gasteiger partial charge in [0.05, 0.1) is 12.6 Å². The quantitative estimate of drug-likeness (QED) is 0.845. The first-order chi connectivity index (χ1) is 12.7. The van der Waals surface area contributed by atoms with E-state index in [1.165, 1.54) is 0 Å². The molecule has 0 spiro atoms. The summed E-state index contributed by atoms with van der Waals surface area (Å²) in [5, 5.41) is 10.6. The predicted octanol–water partition coefficient (Wildman–Crippen LogP) is 1.98. The first-order valence-electron chi connectivity index (χ1n) is 9.26. The number of aryl methyl sites for hydroxylation is 1. The van der Waals surface area contributed by atoms with E-state index in [9.17, 15) is 4.79 Å². The van der Waals surface area contributed by atoms with Gasteiger partial charge in [-0.3, -0.25) is 14.6 Å². The van der Waals surface area contributed by atoms with Crippen LogP contribution < -0.4 is 5.32 Å². The predicted molar refractivity (Wildman–Crippen MR) is 99.3 cm³/mol. The van der Waals surface area contributed by atoms with Crippen molar-refractivity contribution in [3.63, 3.8) is 0 Å². The van der Waals surface area contributed by atoms with E-state index in [1.54, 1.807) is 13.0 Å². The van der Waals surface area contributed by atoms with Crippen LogP contribution in [0.15, 0.2) is 15.1 Å². The highest BCUT2D eigenvalue weighted by Gasteiger charge is 2.28. The van der Waals surface area contributed by atoms with Crippen molar-refractivity contribution < 1.29 is 13.8 Å². The molecule has 0 aromatic carbocycles. The maximum absolute atomic E-state index is 12.1. The maximum atomic E-state index is 12.1. The highest BCUT2D eigenvalue weighted by atomic mass is 16.5. The van der Waals surface area contributed by atoms with Crippen LogP contribution >= 0.6 is 0 Å². The Morgan fingerprint density at radius 2 is 1.93 bits per heavy atom. The number of hydrogen-bond donors (Lipinski definition) is 1. The summed E-state index contributed by atoms with van der Waals surface area (Å²) in [4.78, 5) is 21.1. The molecular formula is C18H28N6O3. The summed E-state index contributed by atoms with van der Waals surface area (Å²) in [6, 6.07) is 1.76. The Bertz CT molecular complexity index is 770. The number of aromatic nitrogens is 3. The molecule has 2 aromatic heterocycles. The van der Waals surface area contributed by atoms with Gasteiger partial charge in [0, 0.05) is 37.7 Å². The van der Waals surface area contributed by atoms with Gasteiger partial charge in [-0.2, -0.15) is 4.98 Å². The van der Waals surface area contributed by atoms with Crippen molar-refractivity contribution in [3.8, 4) is 0 Å². The summed E-state index contributed by atoms with van der Waals surface area (Å²) in [6.07, 6.45) is 0. The van der Waals surface area contributed by atoms with Crippen LogP contribution in [0, 0.1) is 6.92 Å². The standard InChI is InChI=1S/C18H28N6O3/c1-12-10-14(21-26-12)19-15(25)11-23-6-8-24(9-7-23)13(2)16-20-17(22-27-16)18(3,4)5/h10,13H,6-9,11H2,1-5H3,(H,19,21,25). The second-order valence-electron chi connectivity index (χ2n) is 8.07. The van der Waals surface area contributed by atoms with Gasteiger partial charge < -0.3 is 14.4 Å². The second kappa shape index (κ2) is 7.77. The van der Waals surface area contributed by atoms with Gasteiger partial charge in [-0.05, 0) is 13.8 Å². The molecule has 27 heavy (non-hydrogen) atoms. The van der Waals surface area contributed by atoms with E-state index in [1.807, 2.05) is 0 Å². The molecule has 1 atom stereocenters. The molecule has 1 saturated heterocycles. The largest absolute Gasteiger partial charge is 0.360 e. The summed E-state index contributed by atoms with van der Waals surface area (Å²) in [7, 11) is 0. The third kappa shape index (κ3) is 4.92. The fourth-order valence-corrected chi connectivity index (χ4v) is 2.99. The van der Waals surface area contributed by atoms with E-state index in [0.29, 0.717) is 24.0 Å². The van der Waals surface area contributed by atoms with Crippen molar-refractivity contribution in [2.75, 3.05) is 38.0 Å². The highest BCUT2D eigenvalue weighted by Crippen LogP contribution is 2.24. The van der Waals surface area contributed by atoms with E-state index in [4.69, 9.17) is 9.05 Å². The molecule has 3 rings (SSSR count). The molecule has 1 fully saturated rings. The lowest BCUT2D eigenvalue weighted by Crippen LogP contribution is -2.49. The fraction of sp³-hybridized carbons (Fsp3) is 0.667. The van der Waals surface area contributed by atoms with Crippen LogP contribution in [0.5, 0.6) is 0 Å². The summed E-state index contributed by atoms with van der Waals surface area (Å²) < 4.78 is 10.4. The molecule has 1 amide bonds. The number of nitrogens with one attached hydrogen (secondary N) is 1. The van der Waals surface area contributed by atoms with Gasteiger partial charge in [-0.1, -0.05) is 31.1 Å². The van der Waals surface area contributed by atoms with Gasteiger partial charge in [-0.25, -0.2) is 0 Å². The van der Waals surface area contributed by atoms with Gasteiger partial charge in [0.1, 0.15) is 5.76 Å². The van der Waals surface area contributed by atoms with Crippen LogP contribution in [0.25, 0.3) is 0 Å². The van der Waals surface area contributed by atoms with Crippen LogP contribution in [-0.2, 0) is 10.2 Å². The molecule has 2 aromatic rings. The zero-order chi connectivity index (χ0) is 19.6. The fourth-order valence-electron chi connectivity index (χ4n) is 2.99. The molecular weight excluding hydrogens is 348 g/mol. The van der Waals surface area contributed by atoms with E-state index in [2.05, 4.69) is 58.1 Å². The Balaban J connectivity index is 1.48. The van der Waals surface area contributed by atoms with E-state index < -0.39 is 0 Å². The third-order valence-electron chi connectivity index (χ3n) is 4.69. The number of piperazine rings is 1. The Hall–Kier alpha value is -2.26. The minimum atomic E-state index is -0.129. The Kier molecular flexibility index (Phi) is 5.61. The summed E-state index contributed by atoms with van der Waals surface area (Å²) in [5.74, 6) is 2.41. The van der Waals surface area contributed by atoms with Gasteiger partial charge in [0.2, 0.25) is 11.8 Å². The topological polar surface area (TPSA) is 101 Å². The molecule has 1 aliphatic heterocycles. The third-order valence-corrected chi connectivity index (χ3v) is 4.69. The normalized spacial score (nSPS) is 17.8. The van der Waals surface area contributed by atoms with Crippen molar-refractivity contribution in [1.29, 1.82) is 0 Å². The number of carbonyl (C=O) groups is 1. The van der Waals surface area contributed by atoms with Gasteiger partial charge in [-0.15, -0.1) is 0 Å². The molecule has 9 nitrogen and oxygen atoms in total.